The first-order valence-electron chi connectivity index (χ1n) is 9.48. The zero-order valence-corrected chi connectivity index (χ0v) is 19.1. The van der Waals surface area contributed by atoms with Crippen LogP contribution in [0.25, 0.3) is 0 Å². The van der Waals surface area contributed by atoms with E-state index < -0.39 is 24.5 Å². The highest BCUT2D eigenvalue weighted by molar-refractivity contribution is 6.90. The lowest BCUT2D eigenvalue weighted by molar-refractivity contribution is -0.116. The van der Waals surface area contributed by atoms with Gasteiger partial charge in [-0.2, -0.15) is 5.10 Å². The Labute approximate surface area is 168 Å². The molecule has 1 atom stereocenters. The van der Waals surface area contributed by atoms with E-state index in [2.05, 4.69) is 20.7 Å². The number of halogens is 1. The smallest absolute Gasteiger partial charge is 0.305 e. The van der Waals surface area contributed by atoms with Gasteiger partial charge in [-0.15, -0.1) is 0 Å². The van der Waals surface area contributed by atoms with Crippen LogP contribution in [-0.2, 0) is 11.8 Å². The van der Waals surface area contributed by atoms with E-state index in [1.807, 2.05) is 41.5 Å². The van der Waals surface area contributed by atoms with Crippen LogP contribution < -0.4 is 16.0 Å². The van der Waals surface area contributed by atoms with E-state index in [9.17, 15) is 4.79 Å². The van der Waals surface area contributed by atoms with Crippen molar-refractivity contribution in [2.24, 2.45) is 7.05 Å². The van der Waals surface area contributed by atoms with Gasteiger partial charge in [-0.25, -0.2) is 0 Å². The van der Waals surface area contributed by atoms with Gasteiger partial charge in [-0.1, -0.05) is 41.5 Å². The minimum atomic E-state index is -3.44. The Balaban J connectivity index is 2.25. The lowest BCUT2D eigenvalue weighted by Gasteiger charge is -2.44. The summed E-state index contributed by atoms with van der Waals surface area (Å²) in [5.41, 5.74) is 0.624. The van der Waals surface area contributed by atoms with Gasteiger partial charge in [-0.05, 0) is 29.1 Å². The van der Waals surface area contributed by atoms with Crippen LogP contribution in [0.5, 0.6) is 0 Å². The molecule has 2 N–H and O–H groups in total. The molecule has 0 spiro atoms. The Kier molecular flexibility index (Phi) is 6.03. The Morgan fingerprint density at radius 2 is 1.82 bits per heavy atom. The molecule has 28 heavy (non-hydrogen) atoms. The van der Waals surface area contributed by atoms with E-state index in [0.717, 1.165) is 0 Å². The van der Waals surface area contributed by atoms with E-state index in [4.69, 9.17) is 0 Å². The van der Waals surface area contributed by atoms with E-state index in [-0.39, 0.29) is 5.91 Å². The molecule has 0 saturated carbocycles. The fourth-order valence-electron chi connectivity index (χ4n) is 3.73. The first kappa shape index (κ1) is 22.1. The van der Waals surface area contributed by atoms with E-state index in [1.165, 1.54) is 0 Å². The third-order valence-corrected chi connectivity index (χ3v) is 10.3. The van der Waals surface area contributed by atoms with Crippen LogP contribution in [0.15, 0.2) is 30.6 Å². The molecule has 2 aromatic rings. The van der Waals surface area contributed by atoms with Crippen molar-refractivity contribution in [1.29, 1.82) is 0 Å². The molecule has 0 radical (unpaired) electrons. The molecule has 0 bridgehead atoms. The lowest BCUT2D eigenvalue weighted by atomic mass is 10.2. The molecule has 1 amide bonds. The minimum absolute atomic E-state index is 0.212. The lowest BCUT2D eigenvalue weighted by Crippen LogP contribution is -2.60. The monoisotopic (exact) mass is 405 g/mol. The zero-order chi connectivity index (χ0) is 21.3. The van der Waals surface area contributed by atoms with E-state index >= 15 is 4.11 Å². The second-order valence-corrected chi connectivity index (χ2v) is 14.1. The van der Waals surface area contributed by atoms with Crippen LogP contribution >= 0.6 is 0 Å². The van der Waals surface area contributed by atoms with Gasteiger partial charge in [0.15, 0.2) is 0 Å². The highest BCUT2D eigenvalue weighted by Gasteiger charge is 2.58. The van der Waals surface area contributed by atoms with Crippen molar-refractivity contribution >= 4 is 31.1 Å². The quantitative estimate of drug-likeness (QED) is 0.583. The predicted octanol–water partition coefficient (Wildman–Crippen LogP) is 3.98. The van der Waals surface area contributed by atoms with Gasteiger partial charge < -0.3 is 14.7 Å². The predicted molar refractivity (Wildman–Crippen MR) is 115 cm³/mol. The van der Waals surface area contributed by atoms with Crippen molar-refractivity contribution in [1.82, 2.24) is 14.8 Å². The molecule has 0 aliphatic rings. The molecule has 154 valence electrons. The first-order valence-corrected chi connectivity index (χ1v) is 11.4. The van der Waals surface area contributed by atoms with Gasteiger partial charge in [0.1, 0.15) is 11.9 Å². The third-order valence-electron chi connectivity index (χ3n) is 4.99. The summed E-state index contributed by atoms with van der Waals surface area (Å²) in [6, 6.07) is 4.74. The standard InChI is InChI=1S/C20H32FN5OSi/c1-14(18(27)24-15-10-9-11-22-13-15)23-16-12-17(26(8)25-16)28(21,19(2,3)4)20(5,6)7/h9-14H,1-8H3,(H,23,25)(H,24,27). The Morgan fingerprint density at radius 1 is 1.21 bits per heavy atom. The second kappa shape index (κ2) is 7.65. The van der Waals surface area contributed by atoms with Crippen LogP contribution in [-0.4, -0.2) is 35.1 Å². The summed E-state index contributed by atoms with van der Waals surface area (Å²) in [7, 11) is -1.68. The molecule has 6 nitrogen and oxygen atoms in total. The highest BCUT2D eigenvalue weighted by atomic mass is 28.4. The molecule has 2 heterocycles. The number of carbonyl (C=O) groups excluding carboxylic acids is 1. The van der Waals surface area contributed by atoms with Crippen LogP contribution in [0.4, 0.5) is 15.6 Å². The van der Waals surface area contributed by atoms with Gasteiger partial charge in [0.25, 0.3) is 0 Å². The Morgan fingerprint density at radius 3 is 2.32 bits per heavy atom. The average Bonchev–Trinajstić information content (AvgIpc) is 2.93. The van der Waals surface area contributed by atoms with Crippen molar-refractivity contribution in [2.45, 2.75) is 64.6 Å². The number of aryl methyl sites for hydroxylation is 1. The summed E-state index contributed by atoms with van der Waals surface area (Å²) >= 11 is 0. The molecular weight excluding hydrogens is 373 g/mol. The van der Waals surface area contributed by atoms with Gasteiger partial charge >= 0.3 is 8.41 Å². The highest BCUT2D eigenvalue weighted by Crippen LogP contribution is 2.51. The van der Waals surface area contributed by atoms with Gasteiger partial charge in [0.2, 0.25) is 5.91 Å². The number of hydrogen-bond donors (Lipinski definition) is 2. The topological polar surface area (TPSA) is 71.8 Å². The van der Waals surface area contributed by atoms with Crippen LogP contribution in [0.3, 0.4) is 0 Å². The molecule has 0 aliphatic carbocycles. The number of anilines is 2. The normalized spacial score (nSPS) is 13.9. The first-order chi connectivity index (χ1) is 12.8. The maximum atomic E-state index is 16.6. The summed E-state index contributed by atoms with van der Waals surface area (Å²) in [5.74, 6) is 0.282. The number of nitrogens with one attached hydrogen (secondary N) is 2. The number of aromatic nitrogens is 3. The summed E-state index contributed by atoms with van der Waals surface area (Å²) in [6.45, 7) is 13.5. The summed E-state index contributed by atoms with van der Waals surface area (Å²) in [6.07, 6.45) is 3.23. The molecule has 8 heteroatoms. The van der Waals surface area contributed by atoms with Gasteiger partial charge in [-0.3, -0.25) is 14.5 Å². The molecule has 0 aromatic carbocycles. The molecule has 0 aliphatic heterocycles. The summed E-state index contributed by atoms with van der Waals surface area (Å²) in [4.78, 5) is 16.4. The largest absolute Gasteiger partial charge is 0.357 e. The number of rotatable bonds is 5. The maximum absolute atomic E-state index is 16.6. The fourth-order valence-corrected chi connectivity index (χ4v) is 8.35. The van der Waals surface area contributed by atoms with Gasteiger partial charge in [0, 0.05) is 19.3 Å². The molecule has 0 fully saturated rings. The van der Waals surface area contributed by atoms with E-state index in [0.29, 0.717) is 16.8 Å². The SMILES string of the molecule is CC(Nc1cc([Si](F)(C(C)(C)C)C(C)(C)C)n(C)n1)C(=O)Nc1cccnc1. The Bertz CT molecular complexity index is 809. The summed E-state index contributed by atoms with van der Waals surface area (Å²) in [5, 5.41) is 9.95. The maximum Gasteiger partial charge on any atom is 0.305 e. The molecular formula is C20H32FN5OSi. The molecule has 2 rings (SSSR count). The number of nitrogens with zero attached hydrogens (tertiary/aromatic N) is 3. The molecule has 1 unspecified atom stereocenters. The van der Waals surface area contributed by atoms with Crippen molar-refractivity contribution in [3.8, 4) is 0 Å². The minimum Gasteiger partial charge on any atom is -0.357 e. The van der Waals surface area contributed by atoms with Crippen LogP contribution in [0.2, 0.25) is 10.1 Å². The van der Waals surface area contributed by atoms with E-state index in [1.54, 1.807) is 49.2 Å². The number of amides is 1. The van der Waals surface area contributed by atoms with Crippen molar-refractivity contribution in [3.63, 3.8) is 0 Å². The van der Waals surface area contributed by atoms with Crippen molar-refractivity contribution < 1.29 is 8.90 Å². The van der Waals surface area contributed by atoms with Crippen LogP contribution in [0, 0.1) is 0 Å². The van der Waals surface area contributed by atoms with Crippen LogP contribution in [0.1, 0.15) is 48.5 Å². The zero-order valence-electron chi connectivity index (χ0n) is 18.1. The number of pyridine rings is 1. The fraction of sp³-hybridized carbons (Fsp3) is 0.550. The molecule has 0 saturated heterocycles. The average molecular weight is 406 g/mol. The molecule has 2 aromatic heterocycles. The second-order valence-electron chi connectivity index (χ2n) is 9.29. The third kappa shape index (κ3) is 4.27. The van der Waals surface area contributed by atoms with Gasteiger partial charge in [0.05, 0.1) is 17.2 Å². The van der Waals surface area contributed by atoms with Crippen molar-refractivity contribution in [2.75, 3.05) is 10.6 Å². The Hall–Kier alpha value is -2.22. The number of hydrogen-bond acceptors (Lipinski definition) is 4. The van der Waals surface area contributed by atoms with Crippen molar-refractivity contribution in [3.05, 3.63) is 30.6 Å². The summed E-state index contributed by atoms with van der Waals surface area (Å²) < 4.78 is 18.2. The number of carbonyl (C=O) groups is 1.